The van der Waals surface area contributed by atoms with E-state index < -0.39 is 0 Å². The van der Waals surface area contributed by atoms with E-state index in [1.807, 2.05) is 12.3 Å². The van der Waals surface area contributed by atoms with Crippen molar-refractivity contribution in [3.05, 3.63) is 29.6 Å². The topological polar surface area (TPSA) is 38.9 Å². The Labute approximate surface area is 73.8 Å². The molecule has 0 aliphatic carbocycles. The lowest BCUT2D eigenvalue weighted by atomic mass is 10.1. The number of hydrogen-bond acceptors (Lipinski definition) is 2. The third-order valence-electron chi connectivity index (χ3n) is 1.86. The van der Waals surface area contributed by atoms with Crippen molar-refractivity contribution in [3.63, 3.8) is 0 Å². The summed E-state index contributed by atoms with van der Waals surface area (Å²) in [6.45, 7) is 2.87. The first-order valence-electron chi connectivity index (χ1n) is 4.44. The van der Waals surface area contributed by atoms with Crippen molar-refractivity contribution in [2.45, 2.75) is 26.2 Å². The molecule has 0 saturated heterocycles. The smallest absolute Gasteiger partial charge is 0.0406 e. The Morgan fingerprint density at radius 2 is 2.25 bits per heavy atom. The lowest BCUT2D eigenvalue weighted by molar-refractivity contribution is 0.732. The third kappa shape index (κ3) is 3.01. The number of aryl methyl sites for hydroxylation is 2. The van der Waals surface area contributed by atoms with Gasteiger partial charge in [-0.3, -0.25) is 4.98 Å². The number of rotatable bonds is 4. The molecule has 2 heteroatoms. The summed E-state index contributed by atoms with van der Waals surface area (Å²) in [6, 6.07) is 4.16. The molecular weight excluding hydrogens is 148 g/mol. The molecule has 2 nitrogen and oxygen atoms in total. The zero-order valence-corrected chi connectivity index (χ0v) is 7.59. The van der Waals surface area contributed by atoms with E-state index in [0.29, 0.717) is 0 Å². The molecule has 0 aromatic carbocycles. The average Bonchev–Trinajstić information content (AvgIpc) is 2.05. The van der Waals surface area contributed by atoms with Crippen LogP contribution in [0.4, 0.5) is 0 Å². The van der Waals surface area contributed by atoms with Gasteiger partial charge in [-0.05, 0) is 50.4 Å². The number of nitrogens with two attached hydrogens (primary N) is 1. The maximum atomic E-state index is 5.40. The molecule has 0 saturated carbocycles. The van der Waals surface area contributed by atoms with Crippen molar-refractivity contribution in [3.8, 4) is 0 Å². The largest absolute Gasteiger partial charge is 0.330 e. The van der Waals surface area contributed by atoms with Gasteiger partial charge in [0.05, 0.1) is 0 Å². The summed E-state index contributed by atoms with van der Waals surface area (Å²) < 4.78 is 0. The van der Waals surface area contributed by atoms with Crippen LogP contribution in [0.3, 0.4) is 0 Å². The van der Waals surface area contributed by atoms with Crippen LogP contribution >= 0.6 is 0 Å². The van der Waals surface area contributed by atoms with E-state index in [1.165, 1.54) is 11.3 Å². The molecule has 1 aromatic heterocycles. The Morgan fingerprint density at radius 3 is 2.92 bits per heavy atom. The maximum absolute atomic E-state index is 5.40. The van der Waals surface area contributed by atoms with E-state index in [0.717, 1.165) is 25.8 Å². The van der Waals surface area contributed by atoms with Gasteiger partial charge in [0.25, 0.3) is 0 Å². The van der Waals surface area contributed by atoms with Gasteiger partial charge in [-0.15, -0.1) is 0 Å². The van der Waals surface area contributed by atoms with Crippen molar-refractivity contribution < 1.29 is 0 Å². The first kappa shape index (κ1) is 9.20. The number of nitrogens with zero attached hydrogens (tertiary/aromatic N) is 1. The van der Waals surface area contributed by atoms with E-state index in [2.05, 4.69) is 18.0 Å². The molecule has 0 fully saturated rings. The summed E-state index contributed by atoms with van der Waals surface area (Å²) in [5.41, 5.74) is 7.87. The lowest BCUT2D eigenvalue weighted by Crippen LogP contribution is -1.99. The van der Waals surface area contributed by atoms with Gasteiger partial charge >= 0.3 is 0 Å². The molecule has 0 aliphatic rings. The minimum Gasteiger partial charge on any atom is -0.330 e. The molecule has 66 valence electrons. The van der Waals surface area contributed by atoms with Crippen LogP contribution in [0.25, 0.3) is 0 Å². The first-order chi connectivity index (χ1) is 5.83. The highest BCUT2D eigenvalue weighted by molar-refractivity contribution is 5.14. The molecule has 2 N–H and O–H groups in total. The molecule has 0 radical (unpaired) electrons. The van der Waals surface area contributed by atoms with E-state index in [1.54, 1.807) is 0 Å². The fraction of sp³-hybridized carbons (Fsp3) is 0.500. The maximum Gasteiger partial charge on any atom is 0.0406 e. The third-order valence-corrected chi connectivity index (χ3v) is 1.86. The predicted octanol–water partition coefficient (Wildman–Crippen LogP) is 1.67. The fourth-order valence-corrected chi connectivity index (χ4v) is 1.19. The zero-order chi connectivity index (χ0) is 8.81. The predicted molar refractivity (Wildman–Crippen MR) is 51.0 cm³/mol. The molecule has 1 aromatic rings. The van der Waals surface area contributed by atoms with Crippen LogP contribution in [0, 0.1) is 6.92 Å². The van der Waals surface area contributed by atoms with Crippen LogP contribution in [0.1, 0.15) is 24.1 Å². The van der Waals surface area contributed by atoms with Crippen LogP contribution in [-0.2, 0) is 6.42 Å². The van der Waals surface area contributed by atoms with Crippen molar-refractivity contribution in [2.75, 3.05) is 6.54 Å². The SMILES string of the molecule is Cc1ccnc(CCCCN)c1. The van der Waals surface area contributed by atoms with Crippen molar-refractivity contribution in [2.24, 2.45) is 5.73 Å². The molecule has 12 heavy (non-hydrogen) atoms. The van der Waals surface area contributed by atoms with E-state index in [-0.39, 0.29) is 0 Å². The van der Waals surface area contributed by atoms with Crippen molar-refractivity contribution in [1.29, 1.82) is 0 Å². The van der Waals surface area contributed by atoms with Gasteiger partial charge < -0.3 is 5.73 Å². The molecule has 0 spiro atoms. The standard InChI is InChI=1S/C10H16N2/c1-9-5-7-12-10(8-9)4-2-3-6-11/h5,7-8H,2-4,6,11H2,1H3. The number of hydrogen-bond donors (Lipinski definition) is 1. The number of unbranched alkanes of at least 4 members (excludes halogenated alkanes) is 1. The summed E-state index contributed by atoms with van der Waals surface area (Å²) in [6.07, 6.45) is 5.16. The first-order valence-corrected chi connectivity index (χ1v) is 4.44. The average molecular weight is 164 g/mol. The van der Waals surface area contributed by atoms with E-state index in [4.69, 9.17) is 5.73 Å². The number of pyridine rings is 1. The molecule has 0 amide bonds. The minimum atomic E-state index is 0.784. The Hall–Kier alpha value is -0.890. The van der Waals surface area contributed by atoms with Crippen LogP contribution in [0.5, 0.6) is 0 Å². The summed E-state index contributed by atoms with van der Waals surface area (Å²) in [7, 11) is 0. The minimum absolute atomic E-state index is 0.784. The summed E-state index contributed by atoms with van der Waals surface area (Å²) in [4.78, 5) is 4.27. The zero-order valence-electron chi connectivity index (χ0n) is 7.59. The molecule has 1 heterocycles. The second kappa shape index (κ2) is 4.88. The monoisotopic (exact) mass is 164 g/mol. The fourth-order valence-electron chi connectivity index (χ4n) is 1.19. The van der Waals surface area contributed by atoms with Gasteiger partial charge in [0.2, 0.25) is 0 Å². The molecular formula is C10H16N2. The van der Waals surface area contributed by atoms with Gasteiger partial charge in [0.15, 0.2) is 0 Å². The van der Waals surface area contributed by atoms with Crippen LogP contribution < -0.4 is 5.73 Å². The Balaban J connectivity index is 2.41. The summed E-state index contributed by atoms with van der Waals surface area (Å²) >= 11 is 0. The van der Waals surface area contributed by atoms with Gasteiger partial charge in [-0.2, -0.15) is 0 Å². The molecule has 1 rings (SSSR count). The molecule has 0 atom stereocenters. The molecule has 0 bridgehead atoms. The highest BCUT2D eigenvalue weighted by atomic mass is 14.7. The summed E-state index contributed by atoms with van der Waals surface area (Å²) in [5, 5.41) is 0. The Morgan fingerprint density at radius 1 is 1.42 bits per heavy atom. The second-order valence-corrected chi connectivity index (χ2v) is 3.07. The second-order valence-electron chi connectivity index (χ2n) is 3.07. The van der Waals surface area contributed by atoms with Gasteiger partial charge in [-0.25, -0.2) is 0 Å². The quantitative estimate of drug-likeness (QED) is 0.687. The number of aromatic nitrogens is 1. The normalized spacial score (nSPS) is 10.2. The van der Waals surface area contributed by atoms with E-state index in [9.17, 15) is 0 Å². The highest BCUT2D eigenvalue weighted by Crippen LogP contribution is 2.03. The van der Waals surface area contributed by atoms with Crippen LogP contribution in [-0.4, -0.2) is 11.5 Å². The van der Waals surface area contributed by atoms with Crippen LogP contribution in [0.15, 0.2) is 18.3 Å². The van der Waals surface area contributed by atoms with Crippen LogP contribution in [0.2, 0.25) is 0 Å². The lowest BCUT2D eigenvalue weighted by Gasteiger charge is -1.99. The van der Waals surface area contributed by atoms with Gasteiger partial charge in [-0.1, -0.05) is 0 Å². The van der Waals surface area contributed by atoms with Crippen molar-refractivity contribution >= 4 is 0 Å². The summed E-state index contributed by atoms with van der Waals surface area (Å²) in [5.74, 6) is 0. The highest BCUT2D eigenvalue weighted by Gasteiger charge is 1.93. The molecule has 0 aliphatic heterocycles. The van der Waals surface area contributed by atoms with Gasteiger partial charge in [0, 0.05) is 11.9 Å². The van der Waals surface area contributed by atoms with Gasteiger partial charge in [0.1, 0.15) is 0 Å². The van der Waals surface area contributed by atoms with Crippen molar-refractivity contribution in [1.82, 2.24) is 4.98 Å². The van der Waals surface area contributed by atoms with E-state index >= 15 is 0 Å². The Kier molecular flexibility index (Phi) is 3.74. The Bertz CT molecular complexity index is 233. The molecule has 0 unspecified atom stereocenters.